The summed E-state index contributed by atoms with van der Waals surface area (Å²) in [6, 6.07) is 17.2. The Bertz CT molecular complexity index is 1440. The van der Waals surface area contributed by atoms with Crippen molar-refractivity contribution in [2.75, 3.05) is 0 Å². The summed E-state index contributed by atoms with van der Waals surface area (Å²) in [4.78, 5) is 27.2. The lowest BCUT2D eigenvalue weighted by molar-refractivity contribution is -0.384. The summed E-state index contributed by atoms with van der Waals surface area (Å²) < 4.78 is 8.66. The van der Waals surface area contributed by atoms with E-state index < -0.39 is 11.2 Å². The summed E-state index contributed by atoms with van der Waals surface area (Å²) in [6.45, 7) is 1.41. The number of nitro benzene ring substituents is 1. The fourth-order valence-electron chi connectivity index (χ4n) is 3.63. The van der Waals surface area contributed by atoms with Gasteiger partial charge in [-0.05, 0) is 36.4 Å². The van der Waals surface area contributed by atoms with Crippen LogP contribution in [-0.2, 0) is 9.53 Å². The summed E-state index contributed by atoms with van der Waals surface area (Å²) in [7, 11) is 0. The number of non-ortho nitro benzene ring substituents is 1. The molecule has 2 aromatic heterocycles. The second-order valence-corrected chi connectivity index (χ2v) is 8.55. The molecule has 0 radical (unpaired) electrons. The number of rotatable bonds is 5. The SMILES string of the molecule is CC(=O)N1N=C(c2cccnc2)OC1c1cn(-c2ccc([N+](=O)[O-])cc2)nc1-c1ccc(Br)cc1. The van der Waals surface area contributed by atoms with Gasteiger partial charge in [0.1, 0.15) is 5.69 Å². The Hall–Kier alpha value is -4.38. The highest BCUT2D eigenvalue weighted by atomic mass is 79.9. The fourth-order valence-corrected chi connectivity index (χ4v) is 3.90. The number of halogens is 1. The van der Waals surface area contributed by atoms with Crippen molar-refractivity contribution in [3.05, 3.63) is 105 Å². The largest absolute Gasteiger partial charge is 0.445 e. The van der Waals surface area contributed by atoms with Crippen LogP contribution >= 0.6 is 15.9 Å². The van der Waals surface area contributed by atoms with Crippen LogP contribution in [0.5, 0.6) is 0 Å². The Labute approximate surface area is 207 Å². The van der Waals surface area contributed by atoms with E-state index in [0.29, 0.717) is 22.5 Å². The number of ether oxygens (including phenoxy) is 1. The van der Waals surface area contributed by atoms with Crippen LogP contribution in [0.2, 0.25) is 0 Å². The number of pyridine rings is 1. The molecule has 11 heteroatoms. The predicted molar refractivity (Wildman–Crippen MR) is 130 cm³/mol. The van der Waals surface area contributed by atoms with Gasteiger partial charge in [-0.15, -0.1) is 5.10 Å². The molecule has 0 bridgehead atoms. The number of aromatic nitrogens is 3. The van der Waals surface area contributed by atoms with E-state index in [2.05, 4.69) is 26.0 Å². The fraction of sp³-hybridized carbons (Fsp3) is 0.0833. The first-order valence-electron chi connectivity index (χ1n) is 10.5. The molecule has 3 heterocycles. The molecule has 10 nitrogen and oxygen atoms in total. The smallest absolute Gasteiger partial charge is 0.269 e. The van der Waals surface area contributed by atoms with Crippen LogP contribution in [0.1, 0.15) is 24.3 Å². The maximum atomic E-state index is 12.5. The van der Waals surface area contributed by atoms with Crippen LogP contribution in [0, 0.1) is 10.1 Å². The Morgan fingerprint density at radius 2 is 1.83 bits per heavy atom. The molecular formula is C24H17BrN6O4. The minimum absolute atomic E-state index is 0.0225. The Morgan fingerprint density at radius 1 is 1.09 bits per heavy atom. The van der Waals surface area contributed by atoms with Gasteiger partial charge in [-0.25, -0.2) is 4.68 Å². The van der Waals surface area contributed by atoms with Crippen LogP contribution in [0.25, 0.3) is 16.9 Å². The van der Waals surface area contributed by atoms with Gasteiger partial charge in [-0.1, -0.05) is 28.1 Å². The van der Waals surface area contributed by atoms with Crippen molar-refractivity contribution in [3.8, 4) is 16.9 Å². The normalized spacial score (nSPS) is 15.0. The lowest BCUT2D eigenvalue weighted by atomic mass is 10.1. The maximum absolute atomic E-state index is 12.5. The molecular weight excluding hydrogens is 516 g/mol. The molecule has 4 aromatic rings. The molecule has 0 N–H and O–H groups in total. The van der Waals surface area contributed by atoms with Gasteiger partial charge >= 0.3 is 0 Å². The van der Waals surface area contributed by atoms with Gasteiger partial charge in [0, 0.05) is 47.7 Å². The molecule has 174 valence electrons. The number of hydrogen-bond donors (Lipinski definition) is 0. The van der Waals surface area contributed by atoms with Crippen LogP contribution in [0.3, 0.4) is 0 Å². The number of carbonyl (C=O) groups is 1. The second kappa shape index (κ2) is 9.11. The molecule has 35 heavy (non-hydrogen) atoms. The number of nitro groups is 1. The van der Waals surface area contributed by atoms with E-state index in [1.165, 1.54) is 24.1 Å². The van der Waals surface area contributed by atoms with E-state index in [4.69, 9.17) is 9.84 Å². The third-order valence-corrected chi connectivity index (χ3v) is 5.86. The zero-order valence-electron chi connectivity index (χ0n) is 18.3. The quantitative estimate of drug-likeness (QED) is 0.268. The number of carbonyl (C=O) groups excluding carboxylic acids is 1. The van der Waals surface area contributed by atoms with Crippen molar-refractivity contribution in [3.63, 3.8) is 0 Å². The number of hydrazone groups is 1. The summed E-state index contributed by atoms with van der Waals surface area (Å²) in [6.07, 6.45) is 4.11. The zero-order valence-corrected chi connectivity index (χ0v) is 19.9. The average molecular weight is 533 g/mol. The molecule has 1 aliphatic heterocycles. The molecule has 1 atom stereocenters. The number of benzene rings is 2. The van der Waals surface area contributed by atoms with Crippen molar-refractivity contribution in [1.82, 2.24) is 19.8 Å². The summed E-state index contributed by atoms with van der Waals surface area (Å²) in [5.41, 5.74) is 3.20. The second-order valence-electron chi connectivity index (χ2n) is 7.64. The Morgan fingerprint density at radius 3 is 2.46 bits per heavy atom. The zero-order chi connectivity index (χ0) is 24.5. The topological polar surface area (TPSA) is 116 Å². The minimum atomic E-state index is -0.867. The van der Waals surface area contributed by atoms with E-state index in [9.17, 15) is 14.9 Å². The van der Waals surface area contributed by atoms with Crippen molar-refractivity contribution < 1.29 is 14.5 Å². The first-order valence-corrected chi connectivity index (χ1v) is 11.3. The number of nitrogens with zero attached hydrogens (tertiary/aromatic N) is 6. The molecule has 2 aromatic carbocycles. The molecule has 1 amide bonds. The molecule has 0 fully saturated rings. The lowest BCUT2D eigenvalue weighted by Gasteiger charge is -2.19. The standard InChI is InChI=1S/C24H17BrN6O4/c1-15(32)30-24(35-23(28-30)17-3-2-12-26-13-17)21-14-29(19-8-10-20(11-9-19)31(33)34)27-22(21)16-4-6-18(25)7-5-16/h2-14,24H,1H3. The summed E-state index contributed by atoms with van der Waals surface area (Å²) in [5.74, 6) is -0.0399. The highest BCUT2D eigenvalue weighted by Gasteiger charge is 2.36. The molecule has 0 aliphatic carbocycles. The third kappa shape index (κ3) is 4.41. The highest BCUT2D eigenvalue weighted by molar-refractivity contribution is 9.10. The highest BCUT2D eigenvalue weighted by Crippen LogP contribution is 2.37. The van der Waals surface area contributed by atoms with Gasteiger partial charge < -0.3 is 4.74 Å². The minimum Gasteiger partial charge on any atom is -0.445 e. The van der Waals surface area contributed by atoms with Crippen molar-refractivity contribution in [2.45, 2.75) is 13.2 Å². The van der Waals surface area contributed by atoms with Gasteiger partial charge in [0.15, 0.2) is 0 Å². The first-order chi connectivity index (χ1) is 16.9. The van der Waals surface area contributed by atoms with Gasteiger partial charge in [0.05, 0.1) is 21.7 Å². The molecule has 1 unspecified atom stereocenters. The molecule has 0 spiro atoms. The number of hydrogen-bond acceptors (Lipinski definition) is 7. The molecule has 1 aliphatic rings. The van der Waals surface area contributed by atoms with E-state index in [1.54, 1.807) is 47.5 Å². The van der Waals surface area contributed by atoms with Crippen LogP contribution in [0.4, 0.5) is 5.69 Å². The molecule has 0 saturated heterocycles. The monoisotopic (exact) mass is 532 g/mol. The lowest BCUT2D eigenvalue weighted by Crippen LogP contribution is -2.25. The number of amides is 1. The Balaban J connectivity index is 1.60. The molecule has 0 saturated carbocycles. The maximum Gasteiger partial charge on any atom is 0.269 e. The van der Waals surface area contributed by atoms with Gasteiger partial charge in [0.2, 0.25) is 18.0 Å². The van der Waals surface area contributed by atoms with Gasteiger partial charge in [-0.3, -0.25) is 19.9 Å². The van der Waals surface area contributed by atoms with Crippen LogP contribution < -0.4 is 0 Å². The third-order valence-electron chi connectivity index (χ3n) is 5.33. The summed E-state index contributed by atoms with van der Waals surface area (Å²) in [5, 5.41) is 21.5. The van der Waals surface area contributed by atoms with E-state index in [-0.39, 0.29) is 17.5 Å². The van der Waals surface area contributed by atoms with Crippen molar-refractivity contribution in [2.24, 2.45) is 5.10 Å². The van der Waals surface area contributed by atoms with Crippen molar-refractivity contribution in [1.29, 1.82) is 0 Å². The van der Waals surface area contributed by atoms with Gasteiger partial charge in [-0.2, -0.15) is 10.1 Å². The summed E-state index contributed by atoms with van der Waals surface area (Å²) >= 11 is 3.44. The van der Waals surface area contributed by atoms with Crippen LogP contribution in [0.15, 0.2) is 88.8 Å². The molecule has 5 rings (SSSR count). The average Bonchev–Trinajstić information content (AvgIpc) is 3.50. The first kappa shape index (κ1) is 22.4. The van der Waals surface area contributed by atoms with E-state index in [0.717, 1.165) is 10.0 Å². The van der Waals surface area contributed by atoms with E-state index >= 15 is 0 Å². The van der Waals surface area contributed by atoms with Crippen molar-refractivity contribution >= 4 is 33.4 Å². The predicted octanol–water partition coefficient (Wildman–Crippen LogP) is 4.84. The Kier molecular flexibility index (Phi) is 5.83. The van der Waals surface area contributed by atoms with Gasteiger partial charge in [0.25, 0.3) is 5.69 Å². The van der Waals surface area contributed by atoms with Crippen LogP contribution in [-0.4, -0.2) is 36.5 Å². The van der Waals surface area contributed by atoms with E-state index in [1.807, 2.05) is 24.3 Å².